The Morgan fingerprint density at radius 1 is 1.18 bits per heavy atom. The highest BCUT2D eigenvalue weighted by Gasteiger charge is 2.23. The van der Waals surface area contributed by atoms with Gasteiger partial charge in [0, 0.05) is 42.1 Å². The predicted molar refractivity (Wildman–Crippen MR) is 145 cm³/mol. The van der Waals surface area contributed by atoms with E-state index in [1.54, 1.807) is 17.7 Å². The third kappa shape index (κ3) is 6.09. The number of hydrogen-bond acceptors (Lipinski definition) is 8. The van der Waals surface area contributed by atoms with Gasteiger partial charge in [-0.1, -0.05) is 6.08 Å². The van der Waals surface area contributed by atoms with Gasteiger partial charge in [0.2, 0.25) is 0 Å². The van der Waals surface area contributed by atoms with Crippen molar-refractivity contribution in [2.45, 2.75) is 25.3 Å². The number of hydrogen-bond donors (Lipinski definition) is 4. The summed E-state index contributed by atoms with van der Waals surface area (Å²) < 4.78 is 20.6. The van der Waals surface area contributed by atoms with Crippen molar-refractivity contribution in [1.82, 2.24) is 15.3 Å². The zero-order valence-corrected chi connectivity index (χ0v) is 21.4. The van der Waals surface area contributed by atoms with Gasteiger partial charge in [0.25, 0.3) is 5.91 Å². The van der Waals surface area contributed by atoms with E-state index in [1.165, 1.54) is 11.3 Å². The Labute approximate surface area is 223 Å². The molecule has 1 aromatic carbocycles. The minimum Gasteiger partial charge on any atom is -0.378 e. The first-order valence-electron chi connectivity index (χ1n) is 12.3. The Kier molecular flexibility index (Phi) is 7.80. The van der Waals surface area contributed by atoms with Crippen LogP contribution in [0.2, 0.25) is 0 Å². The van der Waals surface area contributed by atoms with Crippen molar-refractivity contribution in [3.63, 3.8) is 0 Å². The first kappa shape index (κ1) is 25.6. The molecule has 198 valence electrons. The Balaban J connectivity index is 1.35. The summed E-state index contributed by atoms with van der Waals surface area (Å²) in [5.41, 5.74) is 8.01. The van der Waals surface area contributed by atoms with Gasteiger partial charge in [-0.2, -0.15) is 0 Å². The number of morpholine rings is 1. The zero-order chi connectivity index (χ0) is 26.5. The molecular formula is C26H28FN7O3S. The zero-order valence-electron chi connectivity index (χ0n) is 20.6. The van der Waals surface area contributed by atoms with Crippen molar-refractivity contribution in [2.24, 2.45) is 5.73 Å². The van der Waals surface area contributed by atoms with Gasteiger partial charge in [-0.05, 0) is 55.2 Å². The van der Waals surface area contributed by atoms with Gasteiger partial charge in [0.15, 0.2) is 5.13 Å². The smallest absolute Gasteiger partial charge is 0.321 e. The number of thiazole rings is 1. The van der Waals surface area contributed by atoms with Gasteiger partial charge in [0.05, 0.1) is 18.8 Å². The molecule has 3 heterocycles. The number of nitrogens with two attached hydrogens (primary N) is 1. The van der Waals surface area contributed by atoms with E-state index in [4.69, 9.17) is 10.5 Å². The largest absolute Gasteiger partial charge is 0.378 e. The Morgan fingerprint density at radius 3 is 2.68 bits per heavy atom. The molecule has 2 aliphatic rings. The van der Waals surface area contributed by atoms with Crippen molar-refractivity contribution in [3.05, 3.63) is 65.1 Å². The van der Waals surface area contributed by atoms with Crippen molar-refractivity contribution >= 4 is 51.2 Å². The second-order valence-corrected chi connectivity index (χ2v) is 9.87. The summed E-state index contributed by atoms with van der Waals surface area (Å²) in [5, 5.41) is 10.9. The van der Waals surface area contributed by atoms with Gasteiger partial charge in [-0.25, -0.2) is 19.2 Å². The Morgan fingerprint density at radius 2 is 1.97 bits per heavy atom. The lowest BCUT2D eigenvalue weighted by Gasteiger charge is -2.29. The number of amides is 3. The third-order valence-electron chi connectivity index (χ3n) is 6.38. The van der Waals surface area contributed by atoms with Crippen LogP contribution < -0.4 is 26.6 Å². The molecule has 1 saturated heterocycles. The van der Waals surface area contributed by atoms with Crippen molar-refractivity contribution in [2.75, 3.05) is 41.8 Å². The van der Waals surface area contributed by atoms with Crippen LogP contribution in [0, 0.1) is 5.82 Å². The van der Waals surface area contributed by atoms with E-state index in [0.29, 0.717) is 42.4 Å². The molecule has 1 aliphatic heterocycles. The molecule has 5 rings (SSSR count). The quantitative estimate of drug-likeness (QED) is 0.356. The van der Waals surface area contributed by atoms with Crippen molar-refractivity contribution < 1.29 is 18.7 Å². The van der Waals surface area contributed by atoms with Gasteiger partial charge >= 0.3 is 6.03 Å². The molecule has 1 fully saturated rings. The molecule has 1 unspecified atom stereocenters. The van der Waals surface area contributed by atoms with Crippen LogP contribution in [0.1, 0.15) is 35.3 Å². The number of anilines is 4. The summed E-state index contributed by atoms with van der Waals surface area (Å²) in [6.07, 6.45) is 5.43. The summed E-state index contributed by atoms with van der Waals surface area (Å²) in [7, 11) is 0. The third-order valence-corrected chi connectivity index (χ3v) is 7.07. The maximum Gasteiger partial charge on any atom is 0.321 e. The lowest BCUT2D eigenvalue weighted by Crippen LogP contribution is -2.37. The van der Waals surface area contributed by atoms with Crippen LogP contribution >= 0.6 is 11.3 Å². The molecule has 3 amide bonds. The van der Waals surface area contributed by atoms with Crippen LogP contribution in [0.15, 0.2) is 48.0 Å². The molecule has 0 radical (unpaired) electrons. The molecule has 1 atom stereocenters. The molecule has 3 aromatic rings. The number of nitrogens with zero attached hydrogens (tertiary/aromatic N) is 3. The Bertz CT molecular complexity index is 1330. The normalized spacial score (nSPS) is 17.4. The number of primary amides is 1. The number of benzene rings is 1. The van der Waals surface area contributed by atoms with Crippen molar-refractivity contribution in [1.29, 1.82) is 0 Å². The first-order valence-corrected chi connectivity index (χ1v) is 13.2. The lowest BCUT2D eigenvalue weighted by atomic mass is 9.93. The fourth-order valence-corrected chi connectivity index (χ4v) is 5.05. The second kappa shape index (κ2) is 11.6. The number of halogens is 1. The van der Waals surface area contributed by atoms with Crippen molar-refractivity contribution in [3.8, 4) is 0 Å². The van der Waals surface area contributed by atoms with E-state index in [-0.39, 0.29) is 29.1 Å². The highest BCUT2D eigenvalue weighted by molar-refractivity contribution is 7.13. The van der Waals surface area contributed by atoms with Gasteiger partial charge in [-0.15, -0.1) is 11.3 Å². The summed E-state index contributed by atoms with van der Waals surface area (Å²) in [6, 6.07) is 8.12. The highest BCUT2D eigenvalue weighted by Crippen LogP contribution is 2.31. The number of urea groups is 1. The molecule has 38 heavy (non-hydrogen) atoms. The first-order chi connectivity index (χ1) is 18.5. The fraction of sp³-hybridized carbons (Fsp3) is 0.308. The summed E-state index contributed by atoms with van der Waals surface area (Å²) in [5.74, 6) is -1.26. The summed E-state index contributed by atoms with van der Waals surface area (Å²) in [6.45, 7) is 3.01. The SMILES string of the molecule is NC(=O)c1cc(F)c(C2=CC(NC(=O)Nc3nccs3)CCC2)nc1Nc1ccc(N2CCOCC2)cc1. The molecule has 0 saturated carbocycles. The van der Waals surface area contributed by atoms with E-state index >= 15 is 4.39 Å². The van der Waals surface area contributed by atoms with Gasteiger partial charge in [0.1, 0.15) is 17.3 Å². The minimum atomic E-state index is -0.786. The van der Waals surface area contributed by atoms with E-state index in [0.717, 1.165) is 31.3 Å². The molecule has 2 aromatic heterocycles. The fourth-order valence-electron chi connectivity index (χ4n) is 4.53. The topological polar surface area (TPSA) is 134 Å². The minimum absolute atomic E-state index is 0.0441. The van der Waals surface area contributed by atoms with E-state index in [2.05, 4.69) is 30.8 Å². The summed E-state index contributed by atoms with van der Waals surface area (Å²) in [4.78, 5) is 35.2. The molecule has 12 heteroatoms. The lowest BCUT2D eigenvalue weighted by molar-refractivity contribution is 0.1000. The standard InChI is InChI=1S/C26H28FN7O3S/c27-21-15-20(23(28)35)24(30-17-4-6-19(7-5-17)34-9-11-37-12-10-34)32-22(21)16-2-1-3-18(14-16)31-25(36)33-26-29-8-13-38-26/h4-8,13-15,18H,1-3,9-12H2,(H2,28,35)(H,30,32)(H2,29,31,33,36). The molecule has 0 spiro atoms. The van der Waals surface area contributed by atoms with Crippen LogP contribution in [-0.2, 0) is 4.74 Å². The number of nitrogens with one attached hydrogen (secondary N) is 3. The maximum absolute atomic E-state index is 15.2. The predicted octanol–water partition coefficient (Wildman–Crippen LogP) is 4.11. The average molecular weight is 538 g/mol. The molecule has 5 N–H and O–H groups in total. The second-order valence-electron chi connectivity index (χ2n) is 8.98. The van der Waals surface area contributed by atoms with Crippen LogP contribution in [0.25, 0.3) is 5.57 Å². The van der Waals surface area contributed by atoms with E-state index in [1.807, 2.05) is 24.3 Å². The number of ether oxygens (including phenoxy) is 1. The van der Waals surface area contributed by atoms with Gasteiger partial charge < -0.3 is 26.0 Å². The number of carbonyl (C=O) groups excluding carboxylic acids is 2. The maximum atomic E-state index is 15.2. The number of aromatic nitrogens is 2. The summed E-state index contributed by atoms with van der Waals surface area (Å²) >= 11 is 1.32. The number of rotatable bonds is 7. The molecule has 0 bridgehead atoms. The van der Waals surface area contributed by atoms with Crippen LogP contribution in [0.4, 0.5) is 31.5 Å². The van der Waals surface area contributed by atoms with E-state index in [9.17, 15) is 9.59 Å². The van der Waals surface area contributed by atoms with Crippen LogP contribution in [0.5, 0.6) is 0 Å². The number of allylic oxidation sites excluding steroid dienone is 1. The molecule has 10 nitrogen and oxygen atoms in total. The Hall–Kier alpha value is -4.03. The number of pyridine rings is 1. The monoisotopic (exact) mass is 537 g/mol. The van der Waals surface area contributed by atoms with Gasteiger partial charge in [-0.3, -0.25) is 10.1 Å². The van der Waals surface area contributed by atoms with Crippen LogP contribution in [-0.4, -0.2) is 54.3 Å². The number of carbonyl (C=O) groups is 2. The molecular weight excluding hydrogens is 509 g/mol. The molecule has 1 aliphatic carbocycles. The van der Waals surface area contributed by atoms with Crippen LogP contribution in [0.3, 0.4) is 0 Å². The van der Waals surface area contributed by atoms with E-state index < -0.39 is 11.7 Å². The highest BCUT2D eigenvalue weighted by atomic mass is 32.1. The average Bonchev–Trinajstić information content (AvgIpc) is 3.43.